The number of anilines is 1. The molecular formula is C16H10FN3O. The molecule has 0 spiro atoms. The van der Waals surface area contributed by atoms with Crippen LogP contribution in [0.25, 0.3) is 10.9 Å². The van der Waals surface area contributed by atoms with Crippen molar-refractivity contribution in [1.82, 2.24) is 4.98 Å². The molecule has 21 heavy (non-hydrogen) atoms. The summed E-state index contributed by atoms with van der Waals surface area (Å²) in [4.78, 5) is 15.2. The van der Waals surface area contributed by atoms with E-state index in [1.807, 2.05) is 12.1 Å². The number of nitrogens with one attached hydrogen (secondary N) is 2. The van der Waals surface area contributed by atoms with Gasteiger partial charge in [0.1, 0.15) is 5.82 Å². The first-order chi connectivity index (χ1) is 10.2. The average molecular weight is 279 g/mol. The molecule has 0 saturated heterocycles. The number of hydrogen-bond acceptors (Lipinski definition) is 2. The van der Waals surface area contributed by atoms with Crippen LogP contribution in [0.3, 0.4) is 0 Å². The number of aromatic amines is 1. The summed E-state index contributed by atoms with van der Waals surface area (Å²) in [5.41, 5.74) is 1.62. The molecule has 1 heterocycles. The maximum absolute atomic E-state index is 13.7. The quantitative estimate of drug-likeness (QED) is 0.754. The van der Waals surface area contributed by atoms with E-state index in [1.54, 1.807) is 24.4 Å². The van der Waals surface area contributed by atoms with Gasteiger partial charge in [-0.1, -0.05) is 0 Å². The predicted octanol–water partition coefficient (Wildman–Crippen LogP) is 3.43. The Labute approximate surface area is 119 Å². The summed E-state index contributed by atoms with van der Waals surface area (Å²) in [6.07, 6.45) is 1.78. The number of amides is 1. The zero-order chi connectivity index (χ0) is 14.8. The molecule has 0 radical (unpaired) electrons. The first-order valence-electron chi connectivity index (χ1n) is 6.25. The topological polar surface area (TPSA) is 68.7 Å². The second kappa shape index (κ2) is 5.10. The maximum atomic E-state index is 13.7. The van der Waals surface area contributed by atoms with Crippen molar-refractivity contribution in [2.45, 2.75) is 0 Å². The van der Waals surface area contributed by atoms with Gasteiger partial charge in [-0.3, -0.25) is 4.79 Å². The molecule has 2 aromatic carbocycles. The molecule has 0 bridgehead atoms. The second-order valence-electron chi connectivity index (χ2n) is 4.54. The van der Waals surface area contributed by atoms with Gasteiger partial charge in [-0.2, -0.15) is 5.26 Å². The van der Waals surface area contributed by atoms with Crippen molar-refractivity contribution < 1.29 is 9.18 Å². The number of rotatable bonds is 2. The Morgan fingerprint density at radius 3 is 2.81 bits per heavy atom. The molecule has 102 valence electrons. The maximum Gasteiger partial charge on any atom is 0.255 e. The van der Waals surface area contributed by atoms with Gasteiger partial charge in [0.2, 0.25) is 0 Å². The van der Waals surface area contributed by atoms with Crippen molar-refractivity contribution in [3.05, 3.63) is 65.6 Å². The van der Waals surface area contributed by atoms with E-state index in [-0.39, 0.29) is 11.3 Å². The Hall–Kier alpha value is -3.13. The van der Waals surface area contributed by atoms with Crippen LogP contribution in [-0.2, 0) is 0 Å². The van der Waals surface area contributed by atoms with Gasteiger partial charge in [-0.15, -0.1) is 0 Å². The largest absolute Gasteiger partial charge is 0.361 e. The van der Waals surface area contributed by atoms with Crippen molar-refractivity contribution in [2.24, 2.45) is 0 Å². The summed E-state index contributed by atoms with van der Waals surface area (Å²) in [6.45, 7) is 0. The van der Waals surface area contributed by atoms with Crippen molar-refractivity contribution in [1.29, 1.82) is 5.26 Å². The van der Waals surface area contributed by atoms with Crippen LogP contribution in [0, 0.1) is 17.1 Å². The number of nitriles is 1. The standard InChI is InChI=1S/C16H10FN3O/c17-13-7-10(9-18)1-3-15(13)20-16(21)12-2-4-14-11(8-12)5-6-19-14/h1-8,19H,(H,20,21). The summed E-state index contributed by atoms with van der Waals surface area (Å²) in [5.74, 6) is -1.04. The fraction of sp³-hybridized carbons (Fsp3) is 0. The lowest BCUT2D eigenvalue weighted by Gasteiger charge is -2.07. The first kappa shape index (κ1) is 12.9. The zero-order valence-corrected chi connectivity index (χ0v) is 10.9. The number of fused-ring (bicyclic) bond motifs is 1. The van der Waals surface area contributed by atoms with Crippen LogP contribution in [0.15, 0.2) is 48.7 Å². The first-order valence-corrected chi connectivity index (χ1v) is 6.25. The lowest BCUT2D eigenvalue weighted by Crippen LogP contribution is -2.12. The summed E-state index contributed by atoms with van der Waals surface area (Å²) >= 11 is 0. The summed E-state index contributed by atoms with van der Waals surface area (Å²) in [5, 5.41) is 12.1. The Kier molecular flexibility index (Phi) is 3.13. The van der Waals surface area contributed by atoms with E-state index in [9.17, 15) is 9.18 Å². The van der Waals surface area contributed by atoms with E-state index in [1.165, 1.54) is 12.1 Å². The fourth-order valence-corrected chi connectivity index (χ4v) is 2.08. The molecule has 0 atom stereocenters. The van der Waals surface area contributed by atoms with E-state index in [0.717, 1.165) is 17.0 Å². The lowest BCUT2D eigenvalue weighted by atomic mass is 10.1. The van der Waals surface area contributed by atoms with Crippen molar-refractivity contribution >= 4 is 22.5 Å². The molecule has 0 aliphatic rings. The third kappa shape index (κ3) is 2.47. The van der Waals surface area contributed by atoms with E-state index >= 15 is 0 Å². The van der Waals surface area contributed by atoms with Gasteiger partial charge in [-0.05, 0) is 42.5 Å². The van der Waals surface area contributed by atoms with Gasteiger partial charge in [0.15, 0.2) is 0 Å². The number of H-pyrrole nitrogens is 1. The SMILES string of the molecule is N#Cc1ccc(NC(=O)c2ccc3[nH]ccc3c2)c(F)c1. The van der Waals surface area contributed by atoms with Gasteiger partial charge in [-0.25, -0.2) is 4.39 Å². The molecule has 5 heteroatoms. The lowest BCUT2D eigenvalue weighted by molar-refractivity contribution is 0.102. The highest BCUT2D eigenvalue weighted by Crippen LogP contribution is 2.18. The van der Waals surface area contributed by atoms with Crippen LogP contribution in [0.5, 0.6) is 0 Å². The van der Waals surface area contributed by atoms with E-state index in [2.05, 4.69) is 10.3 Å². The van der Waals surface area contributed by atoms with Crippen LogP contribution in [0.4, 0.5) is 10.1 Å². The highest BCUT2D eigenvalue weighted by Gasteiger charge is 2.10. The third-order valence-electron chi connectivity index (χ3n) is 3.16. The van der Waals surface area contributed by atoms with Crippen molar-refractivity contribution in [3.63, 3.8) is 0 Å². The van der Waals surface area contributed by atoms with E-state index in [0.29, 0.717) is 5.56 Å². The van der Waals surface area contributed by atoms with Crippen LogP contribution < -0.4 is 5.32 Å². The number of halogens is 1. The van der Waals surface area contributed by atoms with Gasteiger partial charge in [0.25, 0.3) is 5.91 Å². The van der Waals surface area contributed by atoms with Gasteiger partial charge >= 0.3 is 0 Å². The molecule has 0 aliphatic heterocycles. The van der Waals surface area contributed by atoms with Crippen LogP contribution in [0.2, 0.25) is 0 Å². The van der Waals surface area contributed by atoms with Gasteiger partial charge in [0.05, 0.1) is 17.3 Å². The van der Waals surface area contributed by atoms with Crippen LogP contribution in [0.1, 0.15) is 15.9 Å². The van der Waals surface area contributed by atoms with Crippen LogP contribution >= 0.6 is 0 Å². The minimum absolute atomic E-state index is 0.0492. The van der Waals surface area contributed by atoms with Crippen molar-refractivity contribution in [3.8, 4) is 6.07 Å². The monoisotopic (exact) mass is 279 g/mol. The Bertz CT molecular complexity index is 877. The van der Waals surface area contributed by atoms with E-state index < -0.39 is 11.7 Å². The molecule has 3 aromatic rings. The highest BCUT2D eigenvalue weighted by atomic mass is 19.1. The number of aromatic nitrogens is 1. The predicted molar refractivity (Wildman–Crippen MR) is 77.4 cm³/mol. The summed E-state index contributed by atoms with van der Waals surface area (Å²) in [6, 6.07) is 12.8. The molecule has 0 fully saturated rings. The molecule has 3 rings (SSSR count). The zero-order valence-electron chi connectivity index (χ0n) is 10.9. The number of hydrogen-bond donors (Lipinski definition) is 2. The molecule has 1 aromatic heterocycles. The molecule has 0 aliphatic carbocycles. The van der Waals surface area contributed by atoms with Crippen molar-refractivity contribution in [2.75, 3.05) is 5.32 Å². The molecule has 2 N–H and O–H groups in total. The van der Waals surface area contributed by atoms with Gasteiger partial charge < -0.3 is 10.3 Å². The summed E-state index contributed by atoms with van der Waals surface area (Å²) in [7, 11) is 0. The molecular weight excluding hydrogens is 269 g/mol. The molecule has 4 nitrogen and oxygen atoms in total. The Morgan fingerprint density at radius 1 is 1.19 bits per heavy atom. The van der Waals surface area contributed by atoms with Crippen LogP contribution in [-0.4, -0.2) is 10.9 Å². The third-order valence-corrected chi connectivity index (χ3v) is 3.16. The Morgan fingerprint density at radius 2 is 2.05 bits per heavy atom. The average Bonchev–Trinajstić information content (AvgIpc) is 2.96. The normalized spacial score (nSPS) is 10.3. The minimum atomic E-state index is -0.634. The minimum Gasteiger partial charge on any atom is -0.361 e. The molecule has 1 amide bonds. The second-order valence-corrected chi connectivity index (χ2v) is 4.54. The van der Waals surface area contributed by atoms with Gasteiger partial charge in [0, 0.05) is 22.7 Å². The number of carbonyl (C=O) groups is 1. The number of nitrogens with zero attached hydrogens (tertiary/aromatic N) is 1. The number of carbonyl (C=O) groups excluding carboxylic acids is 1. The van der Waals surface area contributed by atoms with E-state index in [4.69, 9.17) is 5.26 Å². The molecule has 0 unspecified atom stereocenters. The molecule has 0 saturated carbocycles. The smallest absolute Gasteiger partial charge is 0.255 e. The fourth-order valence-electron chi connectivity index (χ4n) is 2.08. The highest BCUT2D eigenvalue weighted by molar-refractivity contribution is 6.06. The Balaban J connectivity index is 1.87. The number of benzene rings is 2. The summed E-state index contributed by atoms with van der Waals surface area (Å²) < 4.78 is 13.7.